The SMILES string of the molecule is CCNC(=NCC(C)(C)C(=O)NC)N1CCN(CC(=O)NC2CC2)CC1. The number of nitrogens with one attached hydrogen (secondary N) is 3. The van der Waals surface area contributed by atoms with Crippen molar-refractivity contribution >= 4 is 17.8 Å². The van der Waals surface area contributed by atoms with Crippen LogP contribution in [0, 0.1) is 5.41 Å². The Balaban J connectivity index is 1.85. The van der Waals surface area contributed by atoms with Crippen LogP contribution in [-0.2, 0) is 9.59 Å². The highest BCUT2D eigenvalue weighted by Gasteiger charge is 2.28. The second-order valence-electron chi connectivity index (χ2n) is 7.74. The fourth-order valence-electron chi connectivity index (χ4n) is 2.93. The molecule has 2 aliphatic rings. The normalized spacial score (nSPS) is 19.2. The number of hydrogen-bond donors (Lipinski definition) is 3. The number of carbonyl (C=O) groups excluding carboxylic acids is 2. The van der Waals surface area contributed by atoms with Crippen molar-refractivity contribution in [1.82, 2.24) is 25.8 Å². The lowest BCUT2D eigenvalue weighted by molar-refractivity contribution is -0.128. The van der Waals surface area contributed by atoms with Gasteiger partial charge in [0.2, 0.25) is 11.8 Å². The van der Waals surface area contributed by atoms with Gasteiger partial charge in [0.25, 0.3) is 0 Å². The van der Waals surface area contributed by atoms with Crippen LogP contribution >= 0.6 is 0 Å². The van der Waals surface area contributed by atoms with E-state index in [1.807, 2.05) is 20.8 Å². The zero-order valence-corrected chi connectivity index (χ0v) is 16.6. The Hall–Kier alpha value is -1.83. The van der Waals surface area contributed by atoms with Crippen LogP contribution < -0.4 is 16.0 Å². The van der Waals surface area contributed by atoms with Crippen LogP contribution in [0.1, 0.15) is 33.6 Å². The van der Waals surface area contributed by atoms with E-state index in [9.17, 15) is 9.59 Å². The van der Waals surface area contributed by atoms with Gasteiger partial charge < -0.3 is 20.9 Å². The Labute approximate surface area is 156 Å². The fraction of sp³-hybridized carbons (Fsp3) is 0.833. The summed E-state index contributed by atoms with van der Waals surface area (Å²) in [6, 6.07) is 0.417. The maximum Gasteiger partial charge on any atom is 0.234 e. The van der Waals surface area contributed by atoms with Gasteiger partial charge in [0.05, 0.1) is 18.5 Å². The van der Waals surface area contributed by atoms with Crippen LogP contribution in [-0.4, -0.2) is 86.5 Å². The number of carbonyl (C=O) groups is 2. The largest absolute Gasteiger partial charge is 0.359 e. The van der Waals surface area contributed by atoms with Crippen molar-refractivity contribution in [2.45, 2.75) is 39.7 Å². The topological polar surface area (TPSA) is 89.1 Å². The van der Waals surface area contributed by atoms with Gasteiger partial charge in [-0.2, -0.15) is 0 Å². The number of guanidine groups is 1. The second kappa shape index (κ2) is 9.21. The maximum atomic E-state index is 11.9. The maximum absolute atomic E-state index is 11.9. The zero-order valence-electron chi connectivity index (χ0n) is 16.6. The third-order valence-electron chi connectivity index (χ3n) is 4.78. The molecule has 1 heterocycles. The first-order chi connectivity index (χ1) is 12.4. The summed E-state index contributed by atoms with van der Waals surface area (Å²) in [6.45, 7) is 10.8. The van der Waals surface area contributed by atoms with Crippen LogP contribution in [0.2, 0.25) is 0 Å². The van der Waals surface area contributed by atoms with E-state index in [1.165, 1.54) is 0 Å². The Kier molecular flexibility index (Phi) is 7.25. The van der Waals surface area contributed by atoms with Gasteiger partial charge in [-0.15, -0.1) is 0 Å². The average molecular weight is 367 g/mol. The summed E-state index contributed by atoms with van der Waals surface area (Å²) < 4.78 is 0. The number of hydrogen-bond acceptors (Lipinski definition) is 4. The fourth-order valence-corrected chi connectivity index (χ4v) is 2.93. The minimum Gasteiger partial charge on any atom is -0.359 e. The van der Waals surface area contributed by atoms with Crippen molar-refractivity contribution in [3.8, 4) is 0 Å². The van der Waals surface area contributed by atoms with Gasteiger partial charge in [0, 0.05) is 45.8 Å². The van der Waals surface area contributed by atoms with E-state index < -0.39 is 5.41 Å². The third kappa shape index (κ3) is 6.16. The Bertz CT molecular complexity index is 522. The first-order valence-corrected chi connectivity index (χ1v) is 9.63. The highest BCUT2D eigenvalue weighted by Crippen LogP contribution is 2.18. The lowest BCUT2D eigenvalue weighted by Crippen LogP contribution is -2.54. The highest BCUT2D eigenvalue weighted by atomic mass is 16.2. The van der Waals surface area contributed by atoms with Gasteiger partial charge in [0.15, 0.2) is 5.96 Å². The van der Waals surface area contributed by atoms with Crippen molar-refractivity contribution in [1.29, 1.82) is 0 Å². The van der Waals surface area contributed by atoms with E-state index in [2.05, 4.69) is 30.7 Å². The molecule has 0 bridgehead atoms. The van der Waals surface area contributed by atoms with Gasteiger partial charge in [-0.1, -0.05) is 0 Å². The number of amides is 2. The minimum absolute atomic E-state index is 0.0106. The predicted octanol–water partition coefficient (Wildman–Crippen LogP) is -0.380. The molecule has 26 heavy (non-hydrogen) atoms. The summed E-state index contributed by atoms with van der Waals surface area (Å²) >= 11 is 0. The van der Waals surface area contributed by atoms with E-state index >= 15 is 0 Å². The van der Waals surface area contributed by atoms with Gasteiger partial charge in [-0.25, -0.2) is 0 Å². The van der Waals surface area contributed by atoms with E-state index in [-0.39, 0.29) is 11.8 Å². The summed E-state index contributed by atoms with van der Waals surface area (Å²) in [6.07, 6.45) is 2.24. The predicted molar refractivity (Wildman–Crippen MR) is 103 cm³/mol. The molecule has 8 nitrogen and oxygen atoms in total. The summed E-state index contributed by atoms with van der Waals surface area (Å²) in [4.78, 5) is 33.0. The monoisotopic (exact) mass is 366 g/mol. The first kappa shape index (κ1) is 20.5. The van der Waals surface area contributed by atoms with E-state index in [1.54, 1.807) is 7.05 Å². The third-order valence-corrected chi connectivity index (χ3v) is 4.78. The molecule has 0 atom stereocenters. The van der Waals surface area contributed by atoms with Crippen molar-refractivity contribution in [3.63, 3.8) is 0 Å². The molecule has 2 amide bonds. The molecule has 1 saturated carbocycles. The molecule has 0 aromatic rings. The molecule has 1 aliphatic carbocycles. The standard InChI is InChI=1S/C18H34N6O2/c1-5-20-17(21-13-18(2,3)16(26)19-4)24-10-8-23(9-11-24)12-15(25)22-14-6-7-14/h14H,5-13H2,1-4H3,(H,19,26)(H,20,21)(H,22,25). The molecule has 0 radical (unpaired) electrons. The molecule has 0 unspecified atom stereocenters. The molecule has 148 valence electrons. The van der Waals surface area contributed by atoms with Crippen LogP contribution in [0.25, 0.3) is 0 Å². The highest BCUT2D eigenvalue weighted by molar-refractivity contribution is 5.83. The molecule has 1 aliphatic heterocycles. The first-order valence-electron chi connectivity index (χ1n) is 9.63. The Morgan fingerprint density at radius 2 is 1.81 bits per heavy atom. The smallest absolute Gasteiger partial charge is 0.234 e. The molecule has 1 saturated heterocycles. The molecule has 0 aromatic heterocycles. The average Bonchev–Trinajstić information content (AvgIpc) is 3.42. The van der Waals surface area contributed by atoms with E-state index in [4.69, 9.17) is 0 Å². The molecule has 2 rings (SSSR count). The summed E-state index contributed by atoms with van der Waals surface area (Å²) in [5.74, 6) is 0.962. The van der Waals surface area contributed by atoms with Crippen molar-refractivity contribution in [2.24, 2.45) is 10.4 Å². The minimum atomic E-state index is -0.544. The van der Waals surface area contributed by atoms with Gasteiger partial charge in [-0.3, -0.25) is 19.5 Å². The number of rotatable bonds is 7. The lowest BCUT2D eigenvalue weighted by atomic mass is 9.93. The molecular formula is C18H34N6O2. The quantitative estimate of drug-likeness (QED) is 0.422. The van der Waals surface area contributed by atoms with Crippen LogP contribution in [0.5, 0.6) is 0 Å². The van der Waals surface area contributed by atoms with Crippen LogP contribution in [0.4, 0.5) is 0 Å². The molecular weight excluding hydrogens is 332 g/mol. The number of piperazine rings is 1. The van der Waals surface area contributed by atoms with Gasteiger partial charge >= 0.3 is 0 Å². The molecule has 0 aromatic carbocycles. The molecule has 8 heteroatoms. The summed E-state index contributed by atoms with van der Waals surface area (Å²) in [5, 5.41) is 9.05. The van der Waals surface area contributed by atoms with Crippen molar-refractivity contribution < 1.29 is 9.59 Å². The van der Waals surface area contributed by atoms with Gasteiger partial charge in [0.1, 0.15) is 0 Å². The van der Waals surface area contributed by atoms with E-state index in [0.29, 0.717) is 19.1 Å². The van der Waals surface area contributed by atoms with Crippen molar-refractivity contribution in [3.05, 3.63) is 0 Å². The molecule has 2 fully saturated rings. The lowest BCUT2D eigenvalue weighted by Gasteiger charge is -2.36. The molecule has 3 N–H and O–H groups in total. The zero-order chi connectivity index (χ0) is 19.2. The summed E-state index contributed by atoms with van der Waals surface area (Å²) in [5.41, 5.74) is -0.544. The number of nitrogens with zero attached hydrogens (tertiary/aromatic N) is 3. The van der Waals surface area contributed by atoms with Gasteiger partial charge in [-0.05, 0) is 33.6 Å². The van der Waals surface area contributed by atoms with E-state index in [0.717, 1.165) is 51.5 Å². The van der Waals surface area contributed by atoms with Crippen LogP contribution in [0.3, 0.4) is 0 Å². The number of aliphatic imine (C=N–C) groups is 1. The Morgan fingerprint density at radius 3 is 2.35 bits per heavy atom. The van der Waals surface area contributed by atoms with Crippen molar-refractivity contribution in [2.75, 3.05) is 52.9 Å². The second-order valence-corrected chi connectivity index (χ2v) is 7.74. The Morgan fingerprint density at radius 1 is 1.15 bits per heavy atom. The van der Waals surface area contributed by atoms with Crippen LogP contribution in [0.15, 0.2) is 4.99 Å². The molecule has 0 spiro atoms. The summed E-state index contributed by atoms with van der Waals surface area (Å²) in [7, 11) is 1.65.